The van der Waals surface area contributed by atoms with Crippen LogP contribution in [0.3, 0.4) is 0 Å². The zero-order chi connectivity index (χ0) is 12.5. The molecule has 0 aromatic carbocycles. The maximum absolute atomic E-state index is 11.4. The fraction of sp³-hybridized carbons (Fsp3) is 0.643. The first kappa shape index (κ1) is 13.8. The first-order chi connectivity index (χ1) is 8.27. The molecule has 0 aliphatic carbocycles. The van der Waals surface area contributed by atoms with Gasteiger partial charge in [-0.05, 0) is 19.4 Å². The third-order valence-corrected chi connectivity index (χ3v) is 2.69. The van der Waals surface area contributed by atoms with Gasteiger partial charge in [-0.2, -0.15) is 0 Å². The number of furan rings is 1. The topological polar surface area (TPSA) is 39.4 Å². The van der Waals surface area contributed by atoms with E-state index < -0.39 is 0 Å². The van der Waals surface area contributed by atoms with Crippen molar-refractivity contribution in [1.29, 1.82) is 0 Å². The zero-order valence-electron chi connectivity index (χ0n) is 10.8. The highest BCUT2D eigenvalue weighted by Crippen LogP contribution is 2.13. The quantitative estimate of drug-likeness (QED) is 0.508. The van der Waals surface area contributed by atoms with Gasteiger partial charge in [0.25, 0.3) is 0 Å². The van der Waals surface area contributed by atoms with Gasteiger partial charge in [0.05, 0.1) is 12.2 Å². The van der Waals surface area contributed by atoms with Crippen LogP contribution in [0.2, 0.25) is 0 Å². The summed E-state index contributed by atoms with van der Waals surface area (Å²) in [7, 11) is 0. The molecule has 0 N–H and O–H groups in total. The van der Waals surface area contributed by atoms with Gasteiger partial charge in [0.15, 0.2) is 0 Å². The van der Waals surface area contributed by atoms with Crippen molar-refractivity contribution in [3.63, 3.8) is 0 Å². The summed E-state index contributed by atoms with van der Waals surface area (Å²) >= 11 is 0. The molecule has 3 heteroatoms. The molecule has 0 aliphatic rings. The third-order valence-electron chi connectivity index (χ3n) is 2.69. The smallest absolute Gasteiger partial charge is 0.341 e. The van der Waals surface area contributed by atoms with Crippen LogP contribution in [0.1, 0.15) is 62.1 Å². The number of unbranched alkanes of at least 4 members (excludes halogenated alkanes) is 4. The maximum Gasteiger partial charge on any atom is 0.341 e. The summed E-state index contributed by atoms with van der Waals surface area (Å²) in [5.41, 5.74) is 0.524. The highest BCUT2D eigenvalue weighted by Gasteiger charge is 2.10. The van der Waals surface area contributed by atoms with Crippen molar-refractivity contribution in [3.05, 3.63) is 23.7 Å². The van der Waals surface area contributed by atoms with Crippen LogP contribution >= 0.6 is 0 Å². The second-order valence-electron chi connectivity index (χ2n) is 4.19. The number of aryl methyl sites for hydroxylation is 1. The minimum Gasteiger partial charge on any atom is -0.468 e. The first-order valence-corrected chi connectivity index (χ1v) is 6.52. The molecule has 96 valence electrons. The van der Waals surface area contributed by atoms with Crippen molar-refractivity contribution in [2.24, 2.45) is 0 Å². The Morgan fingerprint density at radius 3 is 2.71 bits per heavy atom. The van der Waals surface area contributed by atoms with Gasteiger partial charge in [-0.3, -0.25) is 0 Å². The predicted molar refractivity (Wildman–Crippen MR) is 67.1 cm³/mol. The van der Waals surface area contributed by atoms with Gasteiger partial charge in [-0.15, -0.1) is 0 Å². The van der Waals surface area contributed by atoms with Gasteiger partial charge in [0.1, 0.15) is 12.0 Å². The second-order valence-corrected chi connectivity index (χ2v) is 4.19. The Morgan fingerprint density at radius 2 is 2.00 bits per heavy atom. The van der Waals surface area contributed by atoms with Crippen LogP contribution < -0.4 is 0 Å². The average Bonchev–Trinajstić information content (AvgIpc) is 2.78. The Hall–Kier alpha value is -1.25. The van der Waals surface area contributed by atoms with Crippen LogP contribution in [0.15, 0.2) is 16.7 Å². The van der Waals surface area contributed by atoms with Gasteiger partial charge >= 0.3 is 5.97 Å². The van der Waals surface area contributed by atoms with E-state index in [1.165, 1.54) is 31.9 Å². The van der Waals surface area contributed by atoms with Crippen molar-refractivity contribution in [2.75, 3.05) is 6.61 Å². The third kappa shape index (κ3) is 5.07. The van der Waals surface area contributed by atoms with Crippen LogP contribution in [0.5, 0.6) is 0 Å². The lowest BCUT2D eigenvalue weighted by molar-refractivity contribution is 0.0525. The molecule has 1 rings (SSSR count). The van der Waals surface area contributed by atoms with Crippen molar-refractivity contribution in [3.8, 4) is 0 Å². The number of hydrogen-bond acceptors (Lipinski definition) is 3. The number of carbonyl (C=O) groups is 1. The molecule has 0 spiro atoms. The number of ether oxygens (including phenoxy) is 1. The fourth-order valence-corrected chi connectivity index (χ4v) is 1.74. The van der Waals surface area contributed by atoms with Gasteiger partial charge < -0.3 is 9.15 Å². The molecule has 0 fully saturated rings. The summed E-state index contributed by atoms with van der Waals surface area (Å²) in [6.07, 6.45) is 8.57. The summed E-state index contributed by atoms with van der Waals surface area (Å²) in [6.45, 7) is 4.40. The molecule has 3 nitrogen and oxygen atoms in total. The van der Waals surface area contributed by atoms with E-state index in [2.05, 4.69) is 6.92 Å². The minimum atomic E-state index is -0.298. The lowest BCUT2D eigenvalue weighted by Crippen LogP contribution is -2.02. The van der Waals surface area contributed by atoms with E-state index in [0.717, 1.165) is 18.6 Å². The van der Waals surface area contributed by atoms with Gasteiger partial charge in [0, 0.05) is 6.42 Å². The Balaban J connectivity index is 2.28. The summed E-state index contributed by atoms with van der Waals surface area (Å²) in [4.78, 5) is 11.4. The highest BCUT2D eigenvalue weighted by atomic mass is 16.5. The van der Waals surface area contributed by atoms with Crippen LogP contribution in [0.4, 0.5) is 0 Å². The fourth-order valence-electron chi connectivity index (χ4n) is 1.74. The highest BCUT2D eigenvalue weighted by molar-refractivity contribution is 5.89. The molecule has 0 bridgehead atoms. The minimum absolute atomic E-state index is 0.298. The van der Waals surface area contributed by atoms with E-state index in [4.69, 9.17) is 9.15 Å². The van der Waals surface area contributed by atoms with Crippen LogP contribution in [0, 0.1) is 0 Å². The number of rotatable bonds is 8. The van der Waals surface area contributed by atoms with Crippen molar-refractivity contribution < 1.29 is 13.9 Å². The molecule has 17 heavy (non-hydrogen) atoms. The summed E-state index contributed by atoms with van der Waals surface area (Å²) in [5, 5.41) is 0. The molecule has 0 saturated carbocycles. The summed E-state index contributed by atoms with van der Waals surface area (Å²) < 4.78 is 10.2. The number of esters is 1. The molecule has 1 heterocycles. The average molecular weight is 238 g/mol. The van der Waals surface area contributed by atoms with E-state index in [0.29, 0.717) is 12.2 Å². The van der Waals surface area contributed by atoms with Gasteiger partial charge in [0.2, 0.25) is 0 Å². The van der Waals surface area contributed by atoms with Crippen molar-refractivity contribution in [1.82, 2.24) is 0 Å². The molecule has 0 unspecified atom stereocenters. The summed E-state index contributed by atoms with van der Waals surface area (Å²) in [6, 6.07) is 1.79. The second kappa shape index (κ2) is 7.93. The van der Waals surface area contributed by atoms with E-state index in [9.17, 15) is 4.79 Å². The van der Waals surface area contributed by atoms with Gasteiger partial charge in [-0.1, -0.05) is 32.6 Å². The summed E-state index contributed by atoms with van der Waals surface area (Å²) in [5.74, 6) is 0.582. The Bertz CT molecular complexity index is 328. The van der Waals surface area contributed by atoms with E-state index in [1.54, 1.807) is 13.0 Å². The molecular weight excluding hydrogens is 216 g/mol. The zero-order valence-corrected chi connectivity index (χ0v) is 10.8. The molecule has 0 saturated heterocycles. The van der Waals surface area contributed by atoms with E-state index in [-0.39, 0.29) is 5.97 Å². The SMILES string of the molecule is CCCCCCCc1cc(C(=O)OCC)co1. The predicted octanol–water partition coefficient (Wildman–Crippen LogP) is 3.97. The Kier molecular flexibility index (Phi) is 6.45. The molecule has 0 amide bonds. The van der Waals surface area contributed by atoms with Crippen LogP contribution in [-0.2, 0) is 11.2 Å². The molecule has 0 atom stereocenters. The Morgan fingerprint density at radius 1 is 1.24 bits per heavy atom. The molecule has 1 aromatic heterocycles. The first-order valence-electron chi connectivity index (χ1n) is 6.52. The van der Waals surface area contributed by atoms with E-state index in [1.807, 2.05) is 0 Å². The monoisotopic (exact) mass is 238 g/mol. The number of carbonyl (C=O) groups excluding carboxylic acids is 1. The lowest BCUT2D eigenvalue weighted by Gasteiger charge is -1.97. The van der Waals surface area contributed by atoms with Crippen LogP contribution in [0.25, 0.3) is 0 Å². The molecular formula is C14H22O3. The number of hydrogen-bond donors (Lipinski definition) is 0. The molecule has 0 radical (unpaired) electrons. The molecule has 1 aromatic rings. The Labute approximate surface area is 103 Å². The van der Waals surface area contributed by atoms with Crippen molar-refractivity contribution in [2.45, 2.75) is 52.4 Å². The molecule has 0 aliphatic heterocycles. The maximum atomic E-state index is 11.4. The van der Waals surface area contributed by atoms with Gasteiger partial charge in [-0.25, -0.2) is 4.79 Å². The van der Waals surface area contributed by atoms with E-state index >= 15 is 0 Å². The standard InChI is InChI=1S/C14H22O3/c1-3-5-6-7-8-9-13-10-12(11-17-13)14(15)16-4-2/h10-11H,3-9H2,1-2H3. The lowest BCUT2D eigenvalue weighted by atomic mass is 10.1. The normalized spacial score (nSPS) is 10.5. The largest absolute Gasteiger partial charge is 0.468 e. The van der Waals surface area contributed by atoms with Crippen LogP contribution in [-0.4, -0.2) is 12.6 Å². The van der Waals surface area contributed by atoms with Crippen molar-refractivity contribution >= 4 is 5.97 Å².